The molecule has 19 heavy (non-hydrogen) atoms. The first-order valence-electron chi connectivity index (χ1n) is 5.87. The number of rotatable bonds is 1. The summed E-state index contributed by atoms with van der Waals surface area (Å²) in [6.45, 7) is 0. The summed E-state index contributed by atoms with van der Waals surface area (Å²) in [6, 6.07) is 13.0. The summed E-state index contributed by atoms with van der Waals surface area (Å²) in [6.07, 6.45) is 1.68. The fourth-order valence-corrected chi connectivity index (χ4v) is 2.35. The molecule has 0 N–H and O–H groups in total. The van der Waals surface area contributed by atoms with Gasteiger partial charge in [0, 0.05) is 29.2 Å². The predicted molar refractivity (Wildman–Crippen MR) is 77.4 cm³/mol. The van der Waals surface area contributed by atoms with E-state index in [1.54, 1.807) is 29.9 Å². The number of aryl methyl sites for hydroxylation is 1. The van der Waals surface area contributed by atoms with Gasteiger partial charge in [0.25, 0.3) is 5.56 Å². The van der Waals surface area contributed by atoms with Crippen LogP contribution in [0.5, 0.6) is 0 Å². The van der Waals surface area contributed by atoms with Gasteiger partial charge < -0.3 is 0 Å². The average molecular weight is 271 g/mol. The molecular weight excluding hydrogens is 260 g/mol. The van der Waals surface area contributed by atoms with Gasteiger partial charge in [-0.3, -0.25) is 9.36 Å². The highest BCUT2D eigenvalue weighted by atomic mass is 35.5. The summed E-state index contributed by atoms with van der Waals surface area (Å²) in [7, 11) is 1.73. The number of hydrogen-bond acceptors (Lipinski definition) is 2. The van der Waals surface area contributed by atoms with Crippen LogP contribution < -0.4 is 5.56 Å². The van der Waals surface area contributed by atoms with Gasteiger partial charge in [-0.15, -0.1) is 0 Å². The molecule has 0 atom stereocenters. The van der Waals surface area contributed by atoms with E-state index in [-0.39, 0.29) is 5.56 Å². The minimum Gasteiger partial charge on any atom is -0.295 e. The maximum absolute atomic E-state index is 12.4. The Morgan fingerprint density at radius 3 is 2.79 bits per heavy atom. The second-order valence-corrected chi connectivity index (χ2v) is 4.79. The molecule has 3 aromatic rings. The zero-order valence-corrected chi connectivity index (χ0v) is 11.1. The molecule has 0 spiro atoms. The maximum Gasteiger partial charge on any atom is 0.259 e. The van der Waals surface area contributed by atoms with E-state index in [0.29, 0.717) is 16.2 Å². The molecule has 0 saturated heterocycles. The summed E-state index contributed by atoms with van der Waals surface area (Å²) in [5, 5.41) is 1.55. The van der Waals surface area contributed by atoms with Crippen molar-refractivity contribution in [3.63, 3.8) is 0 Å². The van der Waals surface area contributed by atoms with Gasteiger partial charge in [0.15, 0.2) is 0 Å². The molecule has 0 aliphatic carbocycles. The monoisotopic (exact) mass is 270 g/mol. The lowest BCUT2D eigenvalue weighted by atomic mass is 10.1. The van der Waals surface area contributed by atoms with Gasteiger partial charge in [-0.2, -0.15) is 0 Å². The van der Waals surface area contributed by atoms with E-state index in [0.717, 1.165) is 10.9 Å². The zero-order chi connectivity index (χ0) is 13.4. The number of pyridine rings is 2. The molecule has 0 aliphatic heterocycles. The van der Waals surface area contributed by atoms with Crippen molar-refractivity contribution in [2.75, 3.05) is 0 Å². The van der Waals surface area contributed by atoms with Crippen LogP contribution in [0.4, 0.5) is 0 Å². The van der Waals surface area contributed by atoms with Gasteiger partial charge in [0.05, 0.1) is 0 Å². The molecule has 0 fully saturated rings. The zero-order valence-electron chi connectivity index (χ0n) is 10.3. The standard InChI is InChI=1S/C15H11ClN2O/c1-18-14-11(5-3-7-17-14)9-13(15(18)19)10-4-2-6-12(16)8-10/h2-9H,1H3. The topological polar surface area (TPSA) is 34.9 Å². The van der Waals surface area contributed by atoms with Gasteiger partial charge in [-0.05, 0) is 35.9 Å². The van der Waals surface area contributed by atoms with E-state index in [2.05, 4.69) is 4.98 Å². The highest BCUT2D eigenvalue weighted by Gasteiger charge is 2.09. The van der Waals surface area contributed by atoms with E-state index in [9.17, 15) is 4.79 Å². The van der Waals surface area contributed by atoms with Crippen LogP contribution in [0.2, 0.25) is 5.02 Å². The van der Waals surface area contributed by atoms with Crippen LogP contribution >= 0.6 is 11.6 Å². The van der Waals surface area contributed by atoms with Crippen LogP contribution in [-0.2, 0) is 7.05 Å². The molecule has 0 unspecified atom stereocenters. The Hall–Kier alpha value is -2.13. The first kappa shape index (κ1) is 11.9. The first-order valence-corrected chi connectivity index (χ1v) is 6.25. The molecule has 3 nitrogen and oxygen atoms in total. The van der Waals surface area contributed by atoms with Crippen molar-refractivity contribution in [1.82, 2.24) is 9.55 Å². The third kappa shape index (κ3) is 2.02. The third-order valence-electron chi connectivity index (χ3n) is 3.11. The van der Waals surface area contributed by atoms with Crippen molar-refractivity contribution in [2.45, 2.75) is 0 Å². The normalized spacial score (nSPS) is 10.8. The minimum atomic E-state index is -0.0755. The Morgan fingerprint density at radius 2 is 2.00 bits per heavy atom. The van der Waals surface area contributed by atoms with Crippen molar-refractivity contribution in [1.29, 1.82) is 0 Å². The Labute approximate surface area is 115 Å². The minimum absolute atomic E-state index is 0.0755. The van der Waals surface area contributed by atoms with Crippen LogP contribution in [0.25, 0.3) is 22.2 Å². The van der Waals surface area contributed by atoms with Crippen LogP contribution in [0.3, 0.4) is 0 Å². The van der Waals surface area contributed by atoms with Crippen molar-refractivity contribution in [2.24, 2.45) is 7.05 Å². The number of fused-ring (bicyclic) bond motifs is 1. The van der Waals surface area contributed by atoms with Crippen LogP contribution in [-0.4, -0.2) is 9.55 Å². The van der Waals surface area contributed by atoms with Gasteiger partial charge in [0.2, 0.25) is 0 Å². The summed E-state index contributed by atoms with van der Waals surface area (Å²) < 4.78 is 1.56. The second-order valence-electron chi connectivity index (χ2n) is 4.35. The van der Waals surface area contributed by atoms with Gasteiger partial charge in [-0.25, -0.2) is 4.98 Å². The molecule has 4 heteroatoms. The molecule has 3 rings (SSSR count). The Bertz CT molecular complexity index is 824. The average Bonchev–Trinajstić information content (AvgIpc) is 2.43. The number of nitrogens with zero attached hydrogens (tertiary/aromatic N) is 2. The number of benzene rings is 1. The lowest BCUT2D eigenvalue weighted by Gasteiger charge is -2.08. The molecule has 0 saturated carbocycles. The summed E-state index contributed by atoms with van der Waals surface area (Å²) in [4.78, 5) is 16.6. The molecule has 0 radical (unpaired) electrons. The number of halogens is 1. The quantitative estimate of drug-likeness (QED) is 0.680. The number of aromatic nitrogens is 2. The fraction of sp³-hybridized carbons (Fsp3) is 0.0667. The van der Waals surface area contributed by atoms with Crippen LogP contribution in [0.15, 0.2) is 53.5 Å². The second kappa shape index (κ2) is 4.52. The van der Waals surface area contributed by atoms with Crippen molar-refractivity contribution in [3.8, 4) is 11.1 Å². The van der Waals surface area contributed by atoms with Crippen LogP contribution in [0, 0.1) is 0 Å². The summed E-state index contributed by atoms with van der Waals surface area (Å²) in [5.41, 5.74) is 2.05. The lowest BCUT2D eigenvalue weighted by Crippen LogP contribution is -2.19. The molecular formula is C15H11ClN2O. The van der Waals surface area contributed by atoms with E-state index < -0.39 is 0 Å². The molecule has 2 heterocycles. The van der Waals surface area contributed by atoms with Gasteiger partial charge >= 0.3 is 0 Å². The highest BCUT2D eigenvalue weighted by molar-refractivity contribution is 6.30. The molecule has 0 amide bonds. The first-order chi connectivity index (χ1) is 9.16. The smallest absolute Gasteiger partial charge is 0.259 e. The maximum atomic E-state index is 12.4. The molecule has 1 aromatic carbocycles. The summed E-state index contributed by atoms with van der Waals surface area (Å²) in [5.74, 6) is 0. The number of hydrogen-bond donors (Lipinski definition) is 0. The molecule has 2 aromatic heterocycles. The molecule has 94 valence electrons. The fourth-order valence-electron chi connectivity index (χ4n) is 2.16. The lowest BCUT2D eigenvalue weighted by molar-refractivity contribution is 0.890. The van der Waals surface area contributed by atoms with Crippen LogP contribution in [0.1, 0.15) is 0 Å². The summed E-state index contributed by atoms with van der Waals surface area (Å²) >= 11 is 5.98. The van der Waals surface area contributed by atoms with Crippen molar-refractivity contribution >= 4 is 22.6 Å². The van der Waals surface area contributed by atoms with Crippen molar-refractivity contribution in [3.05, 3.63) is 64.0 Å². The SMILES string of the molecule is Cn1c(=O)c(-c2cccc(Cl)c2)cc2cccnc21. The molecule has 0 aliphatic rings. The van der Waals surface area contributed by atoms with Crippen molar-refractivity contribution < 1.29 is 0 Å². The highest BCUT2D eigenvalue weighted by Crippen LogP contribution is 2.22. The largest absolute Gasteiger partial charge is 0.295 e. The third-order valence-corrected chi connectivity index (χ3v) is 3.34. The predicted octanol–water partition coefficient (Wildman–Crippen LogP) is 3.25. The van der Waals surface area contributed by atoms with E-state index in [1.165, 1.54) is 0 Å². The Balaban J connectivity index is 2.36. The Morgan fingerprint density at radius 1 is 1.16 bits per heavy atom. The van der Waals surface area contributed by atoms with Gasteiger partial charge in [-0.1, -0.05) is 23.7 Å². The van der Waals surface area contributed by atoms with E-state index >= 15 is 0 Å². The van der Waals surface area contributed by atoms with Gasteiger partial charge in [0.1, 0.15) is 5.65 Å². The van der Waals surface area contributed by atoms with E-state index in [1.807, 2.05) is 30.3 Å². The van der Waals surface area contributed by atoms with E-state index in [4.69, 9.17) is 11.6 Å². The Kier molecular flexibility index (Phi) is 2.84. The molecule has 0 bridgehead atoms.